The molecule has 0 atom stereocenters. The number of rotatable bonds is 6. The van der Waals surface area contributed by atoms with Crippen LogP contribution < -0.4 is 10.0 Å². The van der Waals surface area contributed by atoms with Gasteiger partial charge in [-0.1, -0.05) is 23.5 Å². The van der Waals surface area contributed by atoms with Crippen LogP contribution in [0, 0.1) is 0 Å². The molecule has 1 heterocycles. The smallest absolute Gasteiger partial charge is 0.265 e. The van der Waals surface area contributed by atoms with Gasteiger partial charge >= 0.3 is 0 Å². The second kappa shape index (κ2) is 8.13. The SMILES string of the molecule is CCS(=O)(=O)NC(=O)c1ccccc1C(=O)Nc1nc2ccc(S(C)(=O)=O)cc2s1. The van der Waals surface area contributed by atoms with Gasteiger partial charge in [-0.05, 0) is 37.3 Å². The van der Waals surface area contributed by atoms with Crippen molar-refractivity contribution in [2.75, 3.05) is 17.3 Å². The van der Waals surface area contributed by atoms with Gasteiger partial charge in [0.2, 0.25) is 10.0 Å². The molecule has 2 N–H and O–H groups in total. The summed E-state index contributed by atoms with van der Waals surface area (Å²) >= 11 is 1.07. The van der Waals surface area contributed by atoms with E-state index in [1.165, 1.54) is 49.4 Å². The van der Waals surface area contributed by atoms with Crippen molar-refractivity contribution < 1.29 is 26.4 Å². The average molecular weight is 468 g/mol. The number of fused-ring (bicyclic) bond motifs is 1. The Hall–Kier alpha value is -2.83. The van der Waals surface area contributed by atoms with Gasteiger partial charge in [-0.15, -0.1) is 0 Å². The third-order valence-corrected chi connectivity index (χ3v) is 7.35. The molecule has 0 unspecified atom stereocenters. The molecule has 0 aliphatic carbocycles. The molecular weight excluding hydrogens is 450 g/mol. The minimum absolute atomic E-state index is 0.0302. The van der Waals surface area contributed by atoms with Crippen LogP contribution in [0.5, 0.6) is 0 Å². The van der Waals surface area contributed by atoms with Crippen LogP contribution in [0.2, 0.25) is 0 Å². The molecular formula is C18H17N3O6S3. The minimum atomic E-state index is -3.79. The van der Waals surface area contributed by atoms with Crippen molar-refractivity contribution in [1.82, 2.24) is 9.71 Å². The average Bonchev–Trinajstić information content (AvgIpc) is 3.08. The van der Waals surface area contributed by atoms with Crippen molar-refractivity contribution in [3.8, 4) is 0 Å². The lowest BCUT2D eigenvalue weighted by molar-refractivity contribution is 0.0963. The first-order valence-corrected chi connectivity index (χ1v) is 12.9. The van der Waals surface area contributed by atoms with Crippen LogP contribution in [0.15, 0.2) is 47.4 Å². The molecule has 3 aromatic rings. The lowest BCUT2D eigenvalue weighted by atomic mass is 10.1. The highest BCUT2D eigenvalue weighted by molar-refractivity contribution is 7.90. The van der Waals surface area contributed by atoms with E-state index in [0.717, 1.165) is 17.6 Å². The van der Waals surface area contributed by atoms with Crippen molar-refractivity contribution in [3.05, 3.63) is 53.6 Å². The Morgan fingerprint density at radius 1 is 1.00 bits per heavy atom. The van der Waals surface area contributed by atoms with E-state index in [4.69, 9.17) is 0 Å². The largest absolute Gasteiger partial charge is 0.298 e. The molecule has 30 heavy (non-hydrogen) atoms. The van der Waals surface area contributed by atoms with Crippen LogP contribution in [-0.4, -0.2) is 45.6 Å². The Bertz CT molecular complexity index is 1360. The Labute approximate surface area is 177 Å². The summed E-state index contributed by atoms with van der Waals surface area (Å²) in [6, 6.07) is 10.2. The van der Waals surface area contributed by atoms with Gasteiger partial charge < -0.3 is 0 Å². The first-order chi connectivity index (χ1) is 14.0. The fourth-order valence-corrected chi connectivity index (χ4v) is 4.66. The molecule has 9 nitrogen and oxygen atoms in total. The predicted octanol–water partition coefficient (Wildman–Crippen LogP) is 2.03. The van der Waals surface area contributed by atoms with Crippen LogP contribution in [0.4, 0.5) is 5.13 Å². The quantitative estimate of drug-likeness (QED) is 0.565. The fraction of sp³-hybridized carbons (Fsp3) is 0.167. The number of sulfone groups is 1. The molecule has 2 amide bonds. The first kappa shape index (κ1) is 21.9. The molecule has 0 aliphatic rings. The van der Waals surface area contributed by atoms with Gasteiger partial charge in [0.1, 0.15) is 0 Å². The number of hydrogen-bond acceptors (Lipinski definition) is 8. The zero-order valence-electron chi connectivity index (χ0n) is 15.9. The van der Waals surface area contributed by atoms with E-state index in [0.29, 0.717) is 10.2 Å². The van der Waals surface area contributed by atoms with Gasteiger partial charge in [0.15, 0.2) is 15.0 Å². The Morgan fingerprint density at radius 3 is 2.23 bits per heavy atom. The maximum atomic E-state index is 12.7. The summed E-state index contributed by atoms with van der Waals surface area (Å²) < 4.78 is 49.2. The number of anilines is 1. The number of hydrogen-bond donors (Lipinski definition) is 2. The number of carbonyl (C=O) groups excluding carboxylic acids is 2. The van der Waals surface area contributed by atoms with Gasteiger partial charge in [0, 0.05) is 6.26 Å². The van der Waals surface area contributed by atoms with Crippen LogP contribution in [0.25, 0.3) is 10.2 Å². The van der Waals surface area contributed by atoms with E-state index in [9.17, 15) is 26.4 Å². The third-order valence-electron chi connectivity index (χ3n) is 4.05. The van der Waals surface area contributed by atoms with Gasteiger partial charge in [0.25, 0.3) is 11.8 Å². The van der Waals surface area contributed by atoms with E-state index >= 15 is 0 Å². The lowest BCUT2D eigenvalue weighted by Crippen LogP contribution is -2.33. The summed E-state index contributed by atoms with van der Waals surface area (Å²) in [5.41, 5.74) is 0.368. The molecule has 0 radical (unpaired) electrons. The van der Waals surface area contributed by atoms with Crippen molar-refractivity contribution in [1.29, 1.82) is 0 Å². The van der Waals surface area contributed by atoms with Crippen LogP contribution >= 0.6 is 11.3 Å². The number of aromatic nitrogens is 1. The maximum absolute atomic E-state index is 12.7. The molecule has 2 aromatic carbocycles. The summed E-state index contributed by atoms with van der Waals surface area (Å²) in [7, 11) is -7.18. The predicted molar refractivity (Wildman–Crippen MR) is 114 cm³/mol. The Kier molecular flexibility index (Phi) is 5.92. The van der Waals surface area contributed by atoms with E-state index in [-0.39, 0.29) is 26.9 Å². The Balaban J connectivity index is 1.89. The summed E-state index contributed by atoms with van der Waals surface area (Å²) in [6.07, 6.45) is 1.10. The van der Waals surface area contributed by atoms with Gasteiger partial charge in [-0.2, -0.15) is 0 Å². The van der Waals surface area contributed by atoms with Gasteiger partial charge in [0.05, 0.1) is 32.0 Å². The third kappa shape index (κ3) is 4.83. The molecule has 1 aromatic heterocycles. The number of sulfonamides is 1. The summed E-state index contributed by atoms with van der Waals surface area (Å²) in [4.78, 5) is 29.4. The normalized spacial score (nSPS) is 11.9. The number of benzene rings is 2. The monoisotopic (exact) mass is 467 g/mol. The topological polar surface area (TPSA) is 139 Å². The molecule has 12 heteroatoms. The van der Waals surface area contributed by atoms with Crippen LogP contribution in [0.3, 0.4) is 0 Å². The molecule has 0 saturated heterocycles. The first-order valence-electron chi connectivity index (χ1n) is 8.56. The number of nitrogens with one attached hydrogen (secondary N) is 2. The summed E-state index contributed by atoms with van der Waals surface area (Å²) in [5.74, 6) is -1.85. The highest BCUT2D eigenvalue weighted by Crippen LogP contribution is 2.28. The second-order valence-electron chi connectivity index (χ2n) is 6.26. The van der Waals surface area contributed by atoms with Crippen molar-refractivity contribution in [2.24, 2.45) is 0 Å². The summed E-state index contributed by atoms with van der Waals surface area (Å²) in [6.45, 7) is 1.39. The molecule has 0 fully saturated rings. The standard InChI is InChI=1S/C18H17N3O6S3/c1-3-30(26,27)21-17(23)13-7-5-4-6-12(13)16(22)20-18-19-14-9-8-11(29(2,24)25)10-15(14)28-18/h4-10H,3H2,1-2H3,(H,21,23)(H,19,20,22). The number of amides is 2. The molecule has 0 bridgehead atoms. The summed E-state index contributed by atoms with van der Waals surface area (Å²) in [5, 5.41) is 2.77. The van der Waals surface area contributed by atoms with E-state index in [1.54, 1.807) is 0 Å². The van der Waals surface area contributed by atoms with Crippen LogP contribution in [-0.2, 0) is 19.9 Å². The van der Waals surface area contributed by atoms with Crippen molar-refractivity contribution in [2.45, 2.75) is 11.8 Å². The highest BCUT2D eigenvalue weighted by atomic mass is 32.2. The molecule has 0 aliphatic heterocycles. The van der Waals surface area contributed by atoms with E-state index in [1.807, 2.05) is 4.72 Å². The molecule has 158 valence electrons. The van der Waals surface area contributed by atoms with Crippen LogP contribution in [0.1, 0.15) is 27.6 Å². The second-order valence-corrected chi connectivity index (χ2v) is 11.3. The zero-order valence-corrected chi connectivity index (χ0v) is 18.3. The van der Waals surface area contributed by atoms with Crippen molar-refractivity contribution >= 4 is 58.4 Å². The van der Waals surface area contributed by atoms with E-state index in [2.05, 4.69) is 10.3 Å². The Morgan fingerprint density at radius 2 is 1.63 bits per heavy atom. The zero-order chi connectivity index (χ0) is 22.1. The van der Waals surface area contributed by atoms with Crippen molar-refractivity contribution in [3.63, 3.8) is 0 Å². The maximum Gasteiger partial charge on any atom is 0.265 e. The number of nitrogens with zero attached hydrogens (tertiary/aromatic N) is 1. The van der Waals surface area contributed by atoms with Gasteiger partial charge in [-0.25, -0.2) is 26.5 Å². The number of thiazole rings is 1. The molecule has 0 spiro atoms. The minimum Gasteiger partial charge on any atom is -0.298 e. The highest BCUT2D eigenvalue weighted by Gasteiger charge is 2.21. The molecule has 0 saturated carbocycles. The van der Waals surface area contributed by atoms with Gasteiger partial charge in [-0.3, -0.25) is 14.9 Å². The fourth-order valence-electron chi connectivity index (χ4n) is 2.50. The molecule has 3 rings (SSSR count). The van der Waals surface area contributed by atoms with E-state index < -0.39 is 31.7 Å². The number of carbonyl (C=O) groups is 2. The lowest BCUT2D eigenvalue weighted by Gasteiger charge is -2.09.